The molecule has 1 N–H and O–H groups in total. The van der Waals surface area contributed by atoms with Crippen LogP contribution in [-0.4, -0.2) is 34.1 Å². The summed E-state index contributed by atoms with van der Waals surface area (Å²) in [5.74, 6) is 0.111. The van der Waals surface area contributed by atoms with E-state index in [1.165, 1.54) is 12.3 Å². The van der Waals surface area contributed by atoms with Crippen LogP contribution in [0.3, 0.4) is 0 Å². The first-order valence-corrected chi connectivity index (χ1v) is 8.39. The molecular formula is C18H20F3N3O. The van der Waals surface area contributed by atoms with E-state index in [4.69, 9.17) is 0 Å². The molecule has 0 spiro atoms. The van der Waals surface area contributed by atoms with Gasteiger partial charge in [-0.3, -0.25) is 9.89 Å². The highest BCUT2D eigenvalue weighted by molar-refractivity contribution is 5.92. The Bertz CT molecular complexity index is 713. The number of alkyl halides is 3. The number of hydrogen-bond donors (Lipinski definition) is 1. The van der Waals surface area contributed by atoms with Crippen molar-refractivity contribution in [2.45, 2.75) is 31.9 Å². The summed E-state index contributed by atoms with van der Waals surface area (Å²) >= 11 is 0. The molecule has 25 heavy (non-hydrogen) atoms. The molecule has 7 heteroatoms. The first kappa shape index (κ1) is 17.5. The molecule has 1 atom stereocenters. The molecule has 1 amide bonds. The second kappa shape index (κ2) is 7.29. The minimum Gasteiger partial charge on any atom is -0.337 e. The number of carbonyl (C=O) groups excluding carboxylic acids is 1. The summed E-state index contributed by atoms with van der Waals surface area (Å²) in [5, 5.41) is 6.45. The van der Waals surface area contributed by atoms with Crippen molar-refractivity contribution < 1.29 is 18.0 Å². The molecule has 1 fully saturated rings. The zero-order valence-corrected chi connectivity index (χ0v) is 13.7. The van der Waals surface area contributed by atoms with Gasteiger partial charge in [-0.2, -0.15) is 18.3 Å². The molecule has 1 aliphatic rings. The van der Waals surface area contributed by atoms with E-state index in [1.807, 2.05) is 0 Å². The van der Waals surface area contributed by atoms with Crippen LogP contribution in [0, 0.1) is 5.92 Å². The van der Waals surface area contributed by atoms with Crippen LogP contribution in [0.15, 0.2) is 36.5 Å². The lowest BCUT2D eigenvalue weighted by atomic mass is 9.90. The van der Waals surface area contributed by atoms with Crippen LogP contribution in [0.5, 0.6) is 0 Å². The van der Waals surface area contributed by atoms with E-state index in [9.17, 15) is 18.0 Å². The average Bonchev–Trinajstić information content (AvgIpc) is 3.13. The van der Waals surface area contributed by atoms with Gasteiger partial charge in [-0.25, -0.2) is 0 Å². The lowest BCUT2D eigenvalue weighted by Gasteiger charge is -2.32. The number of carbonyl (C=O) groups is 1. The number of nitrogens with zero attached hydrogens (tertiary/aromatic N) is 2. The Morgan fingerprint density at radius 3 is 2.80 bits per heavy atom. The number of amides is 1. The Morgan fingerprint density at radius 2 is 2.08 bits per heavy atom. The largest absolute Gasteiger partial charge is 0.416 e. The van der Waals surface area contributed by atoms with E-state index >= 15 is 0 Å². The molecule has 0 saturated carbocycles. The molecule has 4 nitrogen and oxygen atoms in total. The summed E-state index contributed by atoms with van der Waals surface area (Å²) in [4.78, 5) is 14.1. The highest BCUT2D eigenvalue weighted by atomic mass is 19.4. The van der Waals surface area contributed by atoms with Gasteiger partial charge in [0.05, 0.1) is 5.56 Å². The molecular weight excluding hydrogens is 331 g/mol. The molecule has 1 aromatic heterocycles. The number of H-pyrrole nitrogens is 1. The number of aryl methyl sites for hydroxylation is 1. The van der Waals surface area contributed by atoms with Crippen molar-refractivity contribution in [2.24, 2.45) is 5.92 Å². The first-order valence-electron chi connectivity index (χ1n) is 8.39. The number of piperidine rings is 1. The summed E-state index contributed by atoms with van der Waals surface area (Å²) in [7, 11) is 0. The predicted octanol–water partition coefficient (Wildman–Crippen LogP) is 3.91. The number of nitrogens with one attached hydrogen (secondary N) is 1. The van der Waals surface area contributed by atoms with Gasteiger partial charge in [0.1, 0.15) is 5.69 Å². The molecule has 0 aliphatic carbocycles. The quantitative estimate of drug-likeness (QED) is 0.908. The Kier molecular flexibility index (Phi) is 5.11. The van der Waals surface area contributed by atoms with Crippen LogP contribution in [0.1, 0.15) is 40.9 Å². The number of aromatic amines is 1. The van der Waals surface area contributed by atoms with Crippen LogP contribution in [0.4, 0.5) is 13.2 Å². The zero-order chi connectivity index (χ0) is 17.9. The number of halogens is 3. The number of hydrogen-bond acceptors (Lipinski definition) is 2. The second-order valence-corrected chi connectivity index (χ2v) is 6.42. The molecule has 1 aromatic carbocycles. The number of aromatic nitrogens is 2. The summed E-state index contributed by atoms with van der Waals surface area (Å²) in [5.41, 5.74) is 0.214. The van der Waals surface area contributed by atoms with E-state index < -0.39 is 11.7 Å². The normalized spacial score (nSPS) is 18.4. The smallest absolute Gasteiger partial charge is 0.337 e. The van der Waals surface area contributed by atoms with Crippen molar-refractivity contribution in [2.75, 3.05) is 13.1 Å². The highest BCUT2D eigenvalue weighted by Gasteiger charge is 2.33. The maximum absolute atomic E-state index is 13.1. The van der Waals surface area contributed by atoms with Gasteiger partial charge in [0, 0.05) is 19.3 Å². The van der Waals surface area contributed by atoms with Crippen molar-refractivity contribution in [3.63, 3.8) is 0 Å². The monoisotopic (exact) mass is 351 g/mol. The lowest BCUT2D eigenvalue weighted by Crippen LogP contribution is -2.40. The summed E-state index contributed by atoms with van der Waals surface area (Å²) in [6, 6.07) is 7.35. The standard InChI is InChI=1S/C18H20F3N3O/c19-18(20,21)15-6-2-1-5-14(15)8-7-13-4-3-11-24(12-13)17(25)16-9-10-22-23-16/h1-2,5-6,9-10,13H,3-4,7-8,11-12H2,(H,22,23)/t13-/m0/s1. The fourth-order valence-corrected chi connectivity index (χ4v) is 3.40. The Balaban J connectivity index is 1.62. The molecule has 1 saturated heterocycles. The molecule has 134 valence electrons. The Labute approximate surface area is 144 Å². The van der Waals surface area contributed by atoms with E-state index in [0.717, 1.165) is 18.9 Å². The van der Waals surface area contributed by atoms with E-state index in [2.05, 4.69) is 10.2 Å². The first-order chi connectivity index (χ1) is 11.9. The topological polar surface area (TPSA) is 49.0 Å². The minimum atomic E-state index is -4.33. The Morgan fingerprint density at radius 1 is 1.28 bits per heavy atom. The molecule has 3 rings (SSSR count). The Hall–Kier alpha value is -2.31. The zero-order valence-electron chi connectivity index (χ0n) is 13.7. The van der Waals surface area contributed by atoms with Crippen molar-refractivity contribution >= 4 is 5.91 Å². The van der Waals surface area contributed by atoms with Gasteiger partial charge in [0.15, 0.2) is 0 Å². The number of rotatable bonds is 4. The van der Waals surface area contributed by atoms with Crippen LogP contribution in [0.25, 0.3) is 0 Å². The van der Waals surface area contributed by atoms with Gasteiger partial charge in [0.25, 0.3) is 5.91 Å². The van der Waals surface area contributed by atoms with Gasteiger partial charge in [-0.15, -0.1) is 0 Å². The predicted molar refractivity (Wildman–Crippen MR) is 87.0 cm³/mol. The van der Waals surface area contributed by atoms with Gasteiger partial charge in [0.2, 0.25) is 0 Å². The molecule has 2 heterocycles. The van der Waals surface area contributed by atoms with Crippen LogP contribution < -0.4 is 0 Å². The SMILES string of the molecule is O=C(c1ccn[nH]1)N1CCC[C@@H](CCc2ccccc2C(F)(F)F)C1. The fraction of sp³-hybridized carbons (Fsp3) is 0.444. The van der Waals surface area contributed by atoms with Crippen LogP contribution in [0.2, 0.25) is 0 Å². The maximum atomic E-state index is 13.1. The molecule has 1 aliphatic heterocycles. The lowest BCUT2D eigenvalue weighted by molar-refractivity contribution is -0.138. The van der Waals surface area contributed by atoms with E-state index in [0.29, 0.717) is 37.2 Å². The third kappa shape index (κ3) is 4.21. The van der Waals surface area contributed by atoms with Crippen molar-refractivity contribution in [3.05, 3.63) is 53.3 Å². The van der Waals surface area contributed by atoms with Crippen LogP contribution >= 0.6 is 0 Å². The number of likely N-dealkylation sites (tertiary alicyclic amines) is 1. The molecule has 0 unspecified atom stereocenters. The maximum Gasteiger partial charge on any atom is 0.416 e. The highest BCUT2D eigenvalue weighted by Crippen LogP contribution is 2.33. The minimum absolute atomic E-state index is 0.0992. The third-order valence-corrected chi connectivity index (χ3v) is 4.68. The van der Waals surface area contributed by atoms with Crippen molar-refractivity contribution in [1.82, 2.24) is 15.1 Å². The van der Waals surface area contributed by atoms with Crippen LogP contribution in [-0.2, 0) is 12.6 Å². The number of benzene rings is 1. The summed E-state index contributed by atoms with van der Waals surface area (Å²) in [6.07, 6.45) is 0.00714. The third-order valence-electron chi connectivity index (χ3n) is 4.68. The van der Waals surface area contributed by atoms with Crippen molar-refractivity contribution in [1.29, 1.82) is 0 Å². The molecule has 2 aromatic rings. The van der Waals surface area contributed by atoms with Gasteiger partial charge >= 0.3 is 6.18 Å². The summed E-state index contributed by atoms with van der Waals surface area (Å²) in [6.45, 7) is 1.25. The van der Waals surface area contributed by atoms with Gasteiger partial charge < -0.3 is 4.90 Å². The molecule has 0 radical (unpaired) electrons. The van der Waals surface area contributed by atoms with Gasteiger partial charge in [-0.05, 0) is 49.3 Å². The van der Waals surface area contributed by atoms with Crippen molar-refractivity contribution in [3.8, 4) is 0 Å². The second-order valence-electron chi connectivity index (χ2n) is 6.42. The van der Waals surface area contributed by atoms with E-state index in [1.54, 1.807) is 23.1 Å². The fourth-order valence-electron chi connectivity index (χ4n) is 3.40. The summed E-state index contributed by atoms with van der Waals surface area (Å²) < 4.78 is 39.2. The van der Waals surface area contributed by atoms with E-state index in [-0.39, 0.29) is 11.8 Å². The van der Waals surface area contributed by atoms with Gasteiger partial charge in [-0.1, -0.05) is 18.2 Å². The average molecular weight is 351 g/mol. The molecule has 0 bridgehead atoms.